The highest BCUT2D eigenvalue weighted by molar-refractivity contribution is 7.80. The largest absolute Gasteiger partial charge is 0.497 e. The lowest BCUT2D eigenvalue weighted by molar-refractivity contribution is -0.115. The van der Waals surface area contributed by atoms with Crippen molar-refractivity contribution < 1.29 is 9.53 Å². The first-order chi connectivity index (χ1) is 15.6. The number of aryl methyl sites for hydroxylation is 1. The van der Waals surface area contributed by atoms with Gasteiger partial charge in [-0.15, -0.1) is 10.2 Å². The summed E-state index contributed by atoms with van der Waals surface area (Å²) in [5, 5.41) is 19.6. The van der Waals surface area contributed by atoms with E-state index >= 15 is 0 Å². The Morgan fingerprint density at radius 1 is 1.16 bits per heavy atom. The molecular weight excluding hydrogens is 444 g/mol. The van der Waals surface area contributed by atoms with Gasteiger partial charge in [0.2, 0.25) is 10.9 Å². The first-order valence-electron chi connectivity index (χ1n) is 9.81. The predicted octanol–water partition coefficient (Wildman–Crippen LogP) is 3.95. The van der Waals surface area contributed by atoms with Gasteiger partial charge in [-0.3, -0.25) is 10.1 Å². The van der Waals surface area contributed by atoms with Crippen molar-refractivity contribution in [3.8, 4) is 16.3 Å². The van der Waals surface area contributed by atoms with Crippen molar-refractivity contribution in [2.24, 2.45) is 0 Å². The van der Waals surface area contributed by atoms with Crippen LogP contribution in [0.4, 0.5) is 5.69 Å². The highest BCUT2D eigenvalue weighted by Gasteiger charge is 2.12. The molecule has 0 aliphatic rings. The molecule has 4 rings (SSSR count). The van der Waals surface area contributed by atoms with E-state index < -0.39 is 0 Å². The molecule has 2 N–H and O–H groups in total. The fraction of sp³-hybridized carbons (Fsp3) is 0.136. The molecule has 0 atom stereocenters. The van der Waals surface area contributed by atoms with E-state index in [9.17, 15) is 4.79 Å². The molecule has 162 valence electrons. The lowest BCUT2D eigenvalue weighted by Gasteiger charge is -2.08. The van der Waals surface area contributed by atoms with Crippen LogP contribution < -0.4 is 15.4 Å². The van der Waals surface area contributed by atoms with Crippen LogP contribution in [-0.2, 0) is 11.2 Å². The Bertz CT molecular complexity index is 1280. The smallest absolute Gasteiger partial charge is 0.250 e. The number of nitrogens with zero attached hydrogens (tertiary/aromatic N) is 4. The number of hydrogen-bond donors (Lipinski definition) is 2. The summed E-state index contributed by atoms with van der Waals surface area (Å²) in [7, 11) is 1.61. The summed E-state index contributed by atoms with van der Waals surface area (Å²) in [6.45, 7) is 2.02. The zero-order valence-corrected chi connectivity index (χ0v) is 19.0. The van der Waals surface area contributed by atoms with Crippen LogP contribution in [0.1, 0.15) is 18.3 Å². The molecule has 1 amide bonds. The summed E-state index contributed by atoms with van der Waals surface area (Å²) in [6, 6.07) is 15.0. The molecule has 0 aliphatic heterocycles. The van der Waals surface area contributed by atoms with Crippen LogP contribution in [0.3, 0.4) is 0 Å². The van der Waals surface area contributed by atoms with Crippen molar-refractivity contribution in [2.45, 2.75) is 13.3 Å². The Kier molecular flexibility index (Phi) is 6.52. The fourth-order valence-corrected chi connectivity index (χ4v) is 3.98. The van der Waals surface area contributed by atoms with Gasteiger partial charge in [0.25, 0.3) is 0 Å². The number of nitrogens with one attached hydrogen (secondary N) is 2. The van der Waals surface area contributed by atoms with E-state index in [1.54, 1.807) is 17.7 Å². The molecule has 2 heterocycles. The van der Waals surface area contributed by atoms with Crippen molar-refractivity contribution in [1.29, 1.82) is 0 Å². The molecule has 0 fully saturated rings. The average Bonchev–Trinajstić information content (AvgIpc) is 3.39. The number of benzene rings is 2. The first kappa shape index (κ1) is 21.6. The number of ether oxygens (including phenoxy) is 1. The Morgan fingerprint density at radius 3 is 2.59 bits per heavy atom. The van der Waals surface area contributed by atoms with E-state index in [4.69, 9.17) is 17.0 Å². The SMILES string of the molecule is CCc1nnc2sc(-c3ccc(NC(=S)NC(=O)C=Cc4ccc(OC)cc4)cc3)nn12. The van der Waals surface area contributed by atoms with Gasteiger partial charge in [-0.05, 0) is 60.3 Å². The van der Waals surface area contributed by atoms with E-state index in [-0.39, 0.29) is 11.0 Å². The summed E-state index contributed by atoms with van der Waals surface area (Å²) in [6.07, 6.45) is 3.90. The van der Waals surface area contributed by atoms with Gasteiger partial charge in [-0.2, -0.15) is 9.61 Å². The molecule has 10 heteroatoms. The minimum atomic E-state index is -0.318. The molecule has 0 bridgehead atoms. The van der Waals surface area contributed by atoms with Crippen molar-refractivity contribution in [3.05, 3.63) is 66.0 Å². The number of hydrogen-bond acceptors (Lipinski definition) is 7. The van der Waals surface area contributed by atoms with Crippen LogP contribution in [0.5, 0.6) is 5.75 Å². The number of thiocarbonyl (C=S) groups is 1. The molecule has 32 heavy (non-hydrogen) atoms. The average molecular weight is 465 g/mol. The van der Waals surface area contributed by atoms with Gasteiger partial charge >= 0.3 is 0 Å². The zero-order chi connectivity index (χ0) is 22.5. The van der Waals surface area contributed by atoms with Crippen LogP contribution in [0.25, 0.3) is 21.6 Å². The van der Waals surface area contributed by atoms with Gasteiger partial charge in [-0.25, -0.2) is 0 Å². The minimum Gasteiger partial charge on any atom is -0.497 e. The van der Waals surface area contributed by atoms with Crippen LogP contribution in [0.15, 0.2) is 54.6 Å². The molecule has 2 aromatic heterocycles. The summed E-state index contributed by atoms with van der Waals surface area (Å²) in [5.41, 5.74) is 2.60. The molecule has 2 aromatic carbocycles. The molecule has 8 nitrogen and oxygen atoms in total. The highest BCUT2D eigenvalue weighted by atomic mass is 32.1. The number of aromatic nitrogens is 4. The Labute approximate surface area is 193 Å². The molecule has 0 saturated heterocycles. The van der Waals surface area contributed by atoms with Crippen LogP contribution in [-0.4, -0.2) is 37.9 Å². The van der Waals surface area contributed by atoms with Crippen molar-refractivity contribution >= 4 is 51.3 Å². The van der Waals surface area contributed by atoms with Gasteiger partial charge in [0, 0.05) is 23.7 Å². The van der Waals surface area contributed by atoms with E-state index in [1.807, 2.05) is 55.5 Å². The van der Waals surface area contributed by atoms with Crippen LogP contribution in [0.2, 0.25) is 0 Å². The highest BCUT2D eigenvalue weighted by Crippen LogP contribution is 2.26. The van der Waals surface area contributed by atoms with Gasteiger partial charge in [0.15, 0.2) is 10.9 Å². The molecule has 0 aliphatic carbocycles. The molecular formula is C22H20N6O2S2. The van der Waals surface area contributed by atoms with Gasteiger partial charge < -0.3 is 10.1 Å². The third-order valence-corrected chi connectivity index (χ3v) is 5.69. The minimum absolute atomic E-state index is 0.216. The lowest BCUT2D eigenvalue weighted by atomic mass is 10.2. The number of anilines is 1. The van der Waals surface area contributed by atoms with Crippen molar-refractivity contribution in [1.82, 2.24) is 25.1 Å². The number of fused-ring (bicyclic) bond motifs is 1. The second kappa shape index (κ2) is 9.67. The maximum atomic E-state index is 12.1. The van der Waals surface area contributed by atoms with Crippen molar-refractivity contribution in [2.75, 3.05) is 12.4 Å². The standard InChI is InChI=1S/C22H20N6O2S2/c1-3-18-25-26-22-28(18)27-20(32-22)15-7-9-16(10-8-15)23-21(31)24-19(29)13-6-14-4-11-17(30-2)12-5-14/h4-13H,3H2,1-2H3,(H2,23,24,29,31). The lowest BCUT2D eigenvalue weighted by Crippen LogP contribution is -2.32. The second-order valence-electron chi connectivity index (χ2n) is 6.70. The van der Waals surface area contributed by atoms with Gasteiger partial charge in [0.05, 0.1) is 7.11 Å². The molecule has 0 unspecified atom stereocenters. The number of carbonyl (C=O) groups is 1. The van der Waals surface area contributed by atoms with Crippen molar-refractivity contribution in [3.63, 3.8) is 0 Å². The van der Waals surface area contributed by atoms with E-state index in [1.165, 1.54) is 17.4 Å². The van der Waals surface area contributed by atoms with E-state index in [2.05, 4.69) is 25.9 Å². The van der Waals surface area contributed by atoms with Gasteiger partial charge in [-0.1, -0.05) is 30.4 Å². The summed E-state index contributed by atoms with van der Waals surface area (Å²) in [5.74, 6) is 1.28. The summed E-state index contributed by atoms with van der Waals surface area (Å²) < 4.78 is 6.89. The summed E-state index contributed by atoms with van der Waals surface area (Å²) >= 11 is 6.72. The summed E-state index contributed by atoms with van der Waals surface area (Å²) in [4.78, 5) is 12.9. The van der Waals surface area contributed by atoms with Crippen LogP contribution in [0, 0.1) is 0 Å². The monoisotopic (exact) mass is 464 g/mol. The fourth-order valence-electron chi connectivity index (χ4n) is 2.89. The maximum absolute atomic E-state index is 12.1. The Balaban J connectivity index is 1.34. The number of amides is 1. The predicted molar refractivity (Wildman–Crippen MR) is 130 cm³/mol. The Morgan fingerprint density at radius 2 is 1.91 bits per heavy atom. The second-order valence-corrected chi connectivity index (χ2v) is 8.06. The number of methoxy groups -OCH3 is 1. The van der Waals surface area contributed by atoms with E-state index in [0.29, 0.717) is 0 Å². The molecule has 0 saturated carbocycles. The third kappa shape index (κ3) is 4.98. The quantitative estimate of drug-likeness (QED) is 0.330. The number of carbonyl (C=O) groups excluding carboxylic acids is 1. The van der Waals surface area contributed by atoms with Crippen LogP contribution >= 0.6 is 23.6 Å². The maximum Gasteiger partial charge on any atom is 0.250 e. The number of rotatable bonds is 6. The molecule has 0 radical (unpaired) electrons. The van der Waals surface area contributed by atoms with E-state index in [0.717, 1.165) is 44.8 Å². The zero-order valence-electron chi connectivity index (χ0n) is 17.4. The normalized spacial score (nSPS) is 11.1. The molecule has 4 aromatic rings. The van der Waals surface area contributed by atoms with Gasteiger partial charge in [0.1, 0.15) is 10.8 Å². The Hall–Kier alpha value is -3.63. The topological polar surface area (TPSA) is 93.4 Å². The first-order valence-corrected chi connectivity index (χ1v) is 11.0. The third-order valence-electron chi connectivity index (χ3n) is 4.54. The molecule has 0 spiro atoms.